The Labute approximate surface area is 118 Å². The smallest absolute Gasteiger partial charge is 0.0598 e. The molecule has 0 amide bonds. The van der Waals surface area contributed by atoms with Crippen LogP contribution in [-0.4, -0.2) is 24.6 Å². The number of aromatic nitrogens is 1. The van der Waals surface area contributed by atoms with E-state index >= 15 is 0 Å². The zero-order valence-electron chi connectivity index (χ0n) is 12.9. The second-order valence-electron chi connectivity index (χ2n) is 5.01. The minimum Gasteiger partial charge on any atom is -0.370 e. The standard InChI is InChI=1S/C16H29N3/c1-5-14(6-2)13-19(8-4)16-12-18-10-9-15(16)11-17-7-3/h9-10,12,14,17H,5-8,11,13H2,1-4H3. The average molecular weight is 263 g/mol. The Morgan fingerprint density at radius 2 is 1.95 bits per heavy atom. The highest BCUT2D eigenvalue weighted by atomic mass is 15.1. The lowest BCUT2D eigenvalue weighted by atomic mass is 10.0. The first-order valence-corrected chi connectivity index (χ1v) is 7.65. The first kappa shape index (κ1) is 16.0. The van der Waals surface area contributed by atoms with Crippen molar-refractivity contribution in [2.45, 2.75) is 47.1 Å². The van der Waals surface area contributed by atoms with Gasteiger partial charge in [-0.25, -0.2) is 0 Å². The van der Waals surface area contributed by atoms with Gasteiger partial charge in [0, 0.05) is 25.8 Å². The van der Waals surface area contributed by atoms with Gasteiger partial charge in [-0.2, -0.15) is 0 Å². The molecule has 0 fully saturated rings. The van der Waals surface area contributed by atoms with Gasteiger partial charge in [0.05, 0.1) is 11.9 Å². The molecule has 3 heteroatoms. The lowest BCUT2D eigenvalue weighted by molar-refractivity contribution is 0.485. The van der Waals surface area contributed by atoms with Crippen LogP contribution >= 0.6 is 0 Å². The van der Waals surface area contributed by atoms with Crippen LogP contribution in [0.2, 0.25) is 0 Å². The Hall–Kier alpha value is -1.09. The lowest BCUT2D eigenvalue weighted by Crippen LogP contribution is -2.30. The van der Waals surface area contributed by atoms with Crippen molar-refractivity contribution in [3.63, 3.8) is 0 Å². The minimum absolute atomic E-state index is 0.771. The second-order valence-corrected chi connectivity index (χ2v) is 5.01. The van der Waals surface area contributed by atoms with E-state index in [1.807, 2.05) is 12.4 Å². The fourth-order valence-corrected chi connectivity index (χ4v) is 2.37. The molecule has 0 aliphatic heterocycles. The number of hydrogen-bond acceptors (Lipinski definition) is 3. The van der Waals surface area contributed by atoms with E-state index < -0.39 is 0 Å². The first-order chi connectivity index (χ1) is 9.26. The van der Waals surface area contributed by atoms with Crippen LogP contribution in [0.1, 0.15) is 46.1 Å². The van der Waals surface area contributed by atoms with Crippen molar-refractivity contribution >= 4 is 5.69 Å². The summed E-state index contributed by atoms with van der Waals surface area (Å²) in [5, 5.41) is 3.41. The summed E-state index contributed by atoms with van der Waals surface area (Å²) >= 11 is 0. The fraction of sp³-hybridized carbons (Fsp3) is 0.688. The van der Waals surface area contributed by atoms with Gasteiger partial charge in [0.2, 0.25) is 0 Å². The maximum atomic E-state index is 4.31. The Balaban J connectivity index is 2.84. The van der Waals surface area contributed by atoms with E-state index in [-0.39, 0.29) is 0 Å². The van der Waals surface area contributed by atoms with Gasteiger partial charge in [0.1, 0.15) is 0 Å². The van der Waals surface area contributed by atoms with Crippen LogP contribution in [0, 0.1) is 5.92 Å². The summed E-state index contributed by atoms with van der Waals surface area (Å²) in [6, 6.07) is 2.13. The molecular weight excluding hydrogens is 234 g/mol. The molecule has 1 N–H and O–H groups in total. The van der Waals surface area contributed by atoms with Crippen molar-refractivity contribution < 1.29 is 0 Å². The fourth-order valence-electron chi connectivity index (χ4n) is 2.37. The summed E-state index contributed by atoms with van der Waals surface area (Å²) in [6.07, 6.45) is 6.39. The van der Waals surface area contributed by atoms with E-state index in [1.165, 1.54) is 24.1 Å². The van der Waals surface area contributed by atoms with E-state index in [4.69, 9.17) is 0 Å². The summed E-state index contributed by atoms with van der Waals surface area (Å²) < 4.78 is 0. The van der Waals surface area contributed by atoms with Crippen molar-refractivity contribution in [3.8, 4) is 0 Å². The molecule has 0 unspecified atom stereocenters. The molecule has 1 aromatic rings. The molecule has 0 aliphatic rings. The molecule has 1 rings (SSSR count). The van der Waals surface area contributed by atoms with Crippen LogP contribution in [-0.2, 0) is 6.54 Å². The number of hydrogen-bond donors (Lipinski definition) is 1. The van der Waals surface area contributed by atoms with Gasteiger partial charge in [-0.05, 0) is 31.0 Å². The number of pyridine rings is 1. The molecule has 0 spiro atoms. The van der Waals surface area contributed by atoms with Gasteiger partial charge in [0.15, 0.2) is 0 Å². The Morgan fingerprint density at radius 3 is 2.53 bits per heavy atom. The van der Waals surface area contributed by atoms with Crippen molar-refractivity contribution in [3.05, 3.63) is 24.0 Å². The number of rotatable bonds is 9. The van der Waals surface area contributed by atoms with Crippen molar-refractivity contribution in [1.82, 2.24) is 10.3 Å². The zero-order valence-corrected chi connectivity index (χ0v) is 12.9. The largest absolute Gasteiger partial charge is 0.370 e. The zero-order chi connectivity index (χ0) is 14.1. The van der Waals surface area contributed by atoms with Gasteiger partial charge in [-0.15, -0.1) is 0 Å². The van der Waals surface area contributed by atoms with Gasteiger partial charge >= 0.3 is 0 Å². The van der Waals surface area contributed by atoms with Gasteiger partial charge in [-0.1, -0.05) is 33.6 Å². The van der Waals surface area contributed by atoms with Crippen LogP contribution in [0.25, 0.3) is 0 Å². The predicted octanol–water partition coefficient (Wildman–Crippen LogP) is 3.45. The molecule has 0 saturated carbocycles. The summed E-state index contributed by atoms with van der Waals surface area (Å²) in [4.78, 5) is 6.78. The quantitative estimate of drug-likeness (QED) is 0.739. The van der Waals surface area contributed by atoms with E-state index in [2.05, 4.69) is 49.0 Å². The van der Waals surface area contributed by atoms with E-state index in [0.29, 0.717) is 0 Å². The van der Waals surface area contributed by atoms with Crippen LogP contribution in [0.4, 0.5) is 5.69 Å². The van der Waals surface area contributed by atoms with Gasteiger partial charge in [-0.3, -0.25) is 4.98 Å². The first-order valence-electron chi connectivity index (χ1n) is 7.65. The number of nitrogens with one attached hydrogen (secondary N) is 1. The SMILES string of the molecule is CCNCc1ccncc1N(CC)CC(CC)CC. The Kier molecular flexibility index (Phi) is 7.49. The highest BCUT2D eigenvalue weighted by Crippen LogP contribution is 2.21. The second kappa shape index (κ2) is 8.92. The molecule has 0 saturated heterocycles. The van der Waals surface area contributed by atoms with Crippen LogP contribution in [0.3, 0.4) is 0 Å². The van der Waals surface area contributed by atoms with Gasteiger partial charge in [0.25, 0.3) is 0 Å². The van der Waals surface area contributed by atoms with Gasteiger partial charge < -0.3 is 10.2 Å². The Bertz CT molecular complexity index is 348. The number of nitrogens with zero attached hydrogens (tertiary/aromatic N) is 2. The maximum absolute atomic E-state index is 4.31. The van der Waals surface area contributed by atoms with Crippen LogP contribution in [0.5, 0.6) is 0 Å². The summed E-state index contributed by atoms with van der Waals surface area (Å²) in [5.74, 6) is 0.771. The van der Waals surface area contributed by atoms with E-state index in [9.17, 15) is 0 Å². The molecule has 108 valence electrons. The third kappa shape index (κ3) is 4.83. The summed E-state index contributed by atoms with van der Waals surface area (Å²) in [7, 11) is 0. The monoisotopic (exact) mass is 263 g/mol. The molecule has 3 nitrogen and oxygen atoms in total. The predicted molar refractivity (Wildman–Crippen MR) is 83.6 cm³/mol. The highest BCUT2D eigenvalue weighted by molar-refractivity contribution is 5.51. The van der Waals surface area contributed by atoms with E-state index in [0.717, 1.165) is 32.1 Å². The third-order valence-electron chi connectivity index (χ3n) is 3.81. The third-order valence-corrected chi connectivity index (χ3v) is 3.81. The molecule has 1 heterocycles. The molecule has 1 aromatic heterocycles. The van der Waals surface area contributed by atoms with Crippen molar-refractivity contribution in [2.24, 2.45) is 5.92 Å². The molecular formula is C16H29N3. The molecule has 0 aromatic carbocycles. The lowest BCUT2D eigenvalue weighted by Gasteiger charge is -2.29. The van der Waals surface area contributed by atoms with Crippen molar-refractivity contribution in [2.75, 3.05) is 24.5 Å². The summed E-state index contributed by atoms with van der Waals surface area (Å²) in [5.41, 5.74) is 2.64. The number of anilines is 1. The molecule has 0 atom stereocenters. The molecule has 0 radical (unpaired) electrons. The highest BCUT2D eigenvalue weighted by Gasteiger charge is 2.13. The summed E-state index contributed by atoms with van der Waals surface area (Å²) in [6.45, 7) is 13.0. The Morgan fingerprint density at radius 1 is 1.21 bits per heavy atom. The van der Waals surface area contributed by atoms with Crippen LogP contribution in [0.15, 0.2) is 18.5 Å². The molecule has 0 aliphatic carbocycles. The normalized spacial score (nSPS) is 11.0. The van der Waals surface area contributed by atoms with Crippen molar-refractivity contribution in [1.29, 1.82) is 0 Å². The van der Waals surface area contributed by atoms with E-state index in [1.54, 1.807) is 0 Å². The molecule has 0 bridgehead atoms. The molecule has 19 heavy (non-hydrogen) atoms. The van der Waals surface area contributed by atoms with Crippen LogP contribution < -0.4 is 10.2 Å². The maximum Gasteiger partial charge on any atom is 0.0598 e. The topological polar surface area (TPSA) is 28.2 Å². The average Bonchev–Trinajstić information content (AvgIpc) is 2.47. The minimum atomic E-state index is 0.771.